The molecule has 0 spiro atoms. The van der Waals surface area contributed by atoms with Crippen LogP contribution in [-0.4, -0.2) is 26.8 Å². The van der Waals surface area contributed by atoms with E-state index in [2.05, 4.69) is 32.7 Å². The second kappa shape index (κ2) is 7.89. The van der Waals surface area contributed by atoms with Crippen molar-refractivity contribution in [3.63, 3.8) is 0 Å². The lowest BCUT2D eigenvalue weighted by Gasteiger charge is -2.25. The van der Waals surface area contributed by atoms with Gasteiger partial charge in [0.05, 0.1) is 0 Å². The van der Waals surface area contributed by atoms with E-state index < -0.39 is 0 Å². The molecule has 0 bridgehead atoms. The maximum atomic E-state index is 5.61. The molecule has 0 aromatic rings. The van der Waals surface area contributed by atoms with Gasteiger partial charge in [-0.05, 0) is 31.2 Å². The van der Waals surface area contributed by atoms with Gasteiger partial charge in [0, 0.05) is 19.8 Å². The minimum atomic E-state index is 0.159. The maximum Gasteiger partial charge on any atom is 0.0474 e. The molecule has 0 aromatic heterocycles. The Kier molecular flexibility index (Phi) is 7.71. The summed E-state index contributed by atoms with van der Waals surface area (Å²) < 4.78 is 5.61. The van der Waals surface area contributed by atoms with Gasteiger partial charge in [0.25, 0.3) is 0 Å². The molecule has 0 aliphatic carbocycles. The minimum Gasteiger partial charge on any atom is -0.381 e. The lowest BCUT2D eigenvalue weighted by Crippen LogP contribution is -2.29. The lowest BCUT2D eigenvalue weighted by atomic mass is 9.87. The van der Waals surface area contributed by atoms with Crippen LogP contribution in [-0.2, 0) is 4.74 Å². The summed E-state index contributed by atoms with van der Waals surface area (Å²) in [5.41, 5.74) is 0.159. The molecule has 0 fully saturated rings. The Hall–Kier alpha value is -0.340. The molecule has 0 aliphatic heterocycles. The molecule has 0 saturated heterocycles. The van der Waals surface area contributed by atoms with Crippen LogP contribution in [0.25, 0.3) is 0 Å². The van der Waals surface area contributed by atoms with E-state index in [1.165, 1.54) is 0 Å². The highest BCUT2D eigenvalue weighted by atomic mass is 16.5. The Morgan fingerprint density at radius 2 is 2.07 bits per heavy atom. The Morgan fingerprint density at radius 3 is 2.53 bits per heavy atom. The molecule has 0 amide bonds. The molecule has 2 heteroatoms. The van der Waals surface area contributed by atoms with E-state index in [1.54, 1.807) is 0 Å². The normalized spacial score (nSPS) is 15.3. The van der Waals surface area contributed by atoms with E-state index in [0.29, 0.717) is 0 Å². The summed E-state index contributed by atoms with van der Waals surface area (Å²) in [7, 11) is 1.97. The van der Waals surface area contributed by atoms with Crippen LogP contribution in [0.1, 0.15) is 33.6 Å². The van der Waals surface area contributed by atoms with E-state index >= 15 is 0 Å². The van der Waals surface area contributed by atoms with Crippen LogP contribution in [0.2, 0.25) is 0 Å². The van der Waals surface area contributed by atoms with Crippen molar-refractivity contribution in [1.82, 2.24) is 5.32 Å². The fourth-order valence-electron chi connectivity index (χ4n) is 1.39. The molecule has 0 saturated carbocycles. The summed E-state index contributed by atoms with van der Waals surface area (Å²) in [5.74, 6) is 0.730. The number of rotatable bonds is 9. The van der Waals surface area contributed by atoms with Gasteiger partial charge in [-0.15, -0.1) is 6.58 Å². The Bertz CT molecular complexity index is 168. The summed E-state index contributed by atoms with van der Waals surface area (Å²) in [6.45, 7) is 13.2. The SMILES string of the molecule is C=CC(C)(CCOCCC(C)C)CNC. The molecule has 90 valence electrons. The summed E-state index contributed by atoms with van der Waals surface area (Å²) in [6.07, 6.45) is 4.21. The average molecular weight is 213 g/mol. The van der Waals surface area contributed by atoms with Crippen molar-refractivity contribution < 1.29 is 4.74 Å². The molecule has 1 N–H and O–H groups in total. The fourth-order valence-corrected chi connectivity index (χ4v) is 1.39. The quantitative estimate of drug-likeness (QED) is 0.470. The van der Waals surface area contributed by atoms with Crippen molar-refractivity contribution in [3.8, 4) is 0 Å². The largest absolute Gasteiger partial charge is 0.381 e. The molecule has 0 rings (SSSR count). The zero-order valence-corrected chi connectivity index (χ0v) is 10.8. The van der Waals surface area contributed by atoms with Gasteiger partial charge in [-0.3, -0.25) is 0 Å². The first-order valence-electron chi connectivity index (χ1n) is 5.90. The van der Waals surface area contributed by atoms with Gasteiger partial charge in [-0.25, -0.2) is 0 Å². The first-order valence-corrected chi connectivity index (χ1v) is 5.90. The standard InChI is InChI=1S/C13H27NO/c1-6-13(4,11-14-5)8-10-15-9-7-12(2)3/h6,12,14H,1,7-11H2,2-5H3. The highest BCUT2D eigenvalue weighted by Crippen LogP contribution is 2.21. The van der Waals surface area contributed by atoms with E-state index in [-0.39, 0.29) is 5.41 Å². The summed E-state index contributed by atoms with van der Waals surface area (Å²) in [6, 6.07) is 0. The molecule has 1 unspecified atom stereocenters. The van der Waals surface area contributed by atoms with Gasteiger partial charge in [-0.2, -0.15) is 0 Å². The Labute approximate surface area is 95.1 Å². The van der Waals surface area contributed by atoms with Crippen LogP contribution in [0.3, 0.4) is 0 Å². The maximum absolute atomic E-state index is 5.61. The zero-order chi connectivity index (χ0) is 11.7. The lowest BCUT2D eigenvalue weighted by molar-refractivity contribution is 0.102. The monoisotopic (exact) mass is 213 g/mol. The summed E-state index contributed by atoms with van der Waals surface area (Å²) >= 11 is 0. The molecular weight excluding hydrogens is 186 g/mol. The molecule has 0 aromatic carbocycles. The highest BCUT2D eigenvalue weighted by molar-refractivity contribution is 4.92. The van der Waals surface area contributed by atoms with E-state index in [0.717, 1.165) is 38.5 Å². The van der Waals surface area contributed by atoms with Crippen LogP contribution < -0.4 is 5.32 Å². The molecule has 1 atom stereocenters. The summed E-state index contributed by atoms with van der Waals surface area (Å²) in [5, 5.41) is 3.19. The first kappa shape index (κ1) is 14.7. The van der Waals surface area contributed by atoms with Crippen LogP contribution >= 0.6 is 0 Å². The molecule has 0 aliphatic rings. The fraction of sp³-hybridized carbons (Fsp3) is 0.846. The topological polar surface area (TPSA) is 21.3 Å². The highest BCUT2D eigenvalue weighted by Gasteiger charge is 2.18. The first-order chi connectivity index (χ1) is 7.04. The molecule has 0 radical (unpaired) electrons. The van der Waals surface area contributed by atoms with Crippen molar-refractivity contribution in [2.24, 2.45) is 11.3 Å². The third-order valence-electron chi connectivity index (χ3n) is 2.73. The second-order valence-corrected chi connectivity index (χ2v) is 4.93. The van der Waals surface area contributed by atoms with E-state index in [9.17, 15) is 0 Å². The van der Waals surface area contributed by atoms with Crippen LogP contribution in [0.5, 0.6) is 0 Å². The van der Waals surface area contributed by atoms with Gasteiger partial charge >= 0.3 is 0 Å². The Morgan fingerprint density at radius 1 is 1.40 bits per heavy atom. The van der Waals surface area contributed by atoms with Crippen LogP contribution in [0.15, 0.2) is 12.7 Å². The van der Waals surface area contributed by atoms with Crippen molar-refractivity contribution in [1.29, 1.82) is 0 Å². The van der Waals surface area contributed by atoms with Gasteiger partial charge in [0.15, 0.2) is 0 Å². The number of hydrogen-bond acceptors (Lipinski definition) is 2. The van der Waals surface area contributed by atoms with Gasteiger partial charge in [0.2, 0.25) is 0 Å². The third kappa shape index (κ3) is 7.57. The minimum absolute atomic E-state index is 0.159. The average Bonchev–Trinajstić information content (AvgIpc) is 2.17. The van der Waals surface area contributed by atoms with Crippen LogP contribution in [0.4, 0.5) is 0 Å². The van der Waals surface area contributed by atoms with Crippen molar-refractivity contribution in [2.45, 2.75) is 33.6 Å². The summed E-state index contributed by atoms with van der Waals surface area (Å²) in [4.78, 5) is 0. The van der Waals surface area contributed by atoms with Gasteiger partial charge in [-0.1, -0.05) is 26.8 Å². The van der Waals surface area contributed by atoms with Gasteiger partial charge < -0.3 is 10.1 Å². The number of nitrogens with one attached hydrogen (secondary N) is 1. The predicted octanol–water partition coefficient (Wildman–Crippen LogP) is 2.85. The van der Waals surface area contributed by atoms with Crippen molar-refractivity contribution in [2.75, 3.05) is 26.8 Å². The molecule has 2 nitrogen and oxygen atoms in total. The third-order valence-corrected chi connectivity index (χ3v) is 2.73. The molecule has 15 heavy (non-hydrogen) atoms. The number of hydrogen-bond donors (Lipinski definition) is 1. The van der Waals surface area contributed by atoms with E-state index in [4.69, 9.17) is 4.74 Å². The zero-order valence-electron chi connectivity index (χ0n) is 10.8. The van der Waals surface area contributed by atoms with Crippen molar-refractivity contribution >= 4 is 0 Å². The molecule has 0 heterocycles. The van der Waals surface area contributed by atoms with Gasteiger partial charge in [0.1, 0.15) is 0 Å². The van der Waals surface area contributed by atoms with Crippen LogP contribution in [0, 0.1) is 11.3 Å². The van der Waals surface area contributed by atoms with Crippen molar-refractivity contribution in [3.05, 3.63) is 12.7 Å². The predicted molar refractivity (Wildman–Crippen MR) is 67.1 cm³/mol. The van der Waals surface area contributed by atoms with E-state index in [1.807, 2.05) is 13.1 Å². The smallest absolute Gasteiger partial charge is 0.0474 e. The second-order valence-electron chi connectivity index (χ2n) is 4.93. The number of ether oxygens (including phenoxy) is 1. The Balaban J connectivity index is 3.59. The molecular formula is C13H27NO.